The standard InChI is InChI=1S/C19H22FN3O2/c1-3-13(2)21-18(24)7-5-11-23-17-12-14(20)8-9-15(17)22-10-4-6-16(22)19(23)25/h4,6,8-10,12-13H,3,5,7,11H2,1-2H3,(H,21,24)/t13-/m0/s1. The van der Waals surface area contributed by atoms with Gasteiger partial charge >= 0.3 is 0 Å². The van der Waals surface area contributed by atoms with Crippen molar-refractivity contribution in [3.05, 3.63) is 52.7 Å². The first kappa shape index (κ1) is 17.2. The number of aromatic nitrogens is 2. The molecule has 0 saturated carbocycles. The number of nitrogens with one attached hydrogen (secondary N) is 1. The summed E-state index contributed by atoms with van der Waals surface area (Å²) in [5.74, 6) is -0.414. The molecule has 1 aromatic carbocycles. The molecule has 0 aliphatic rings. The van der Waals surface area contributed by atoms with E-state index in [2.05, 4.69) is 5.32 Å². The van der Waals surface area contributed by atoms with Crippen molar-refractivity contribution in [3.8, 4) is 0 Å². The third-order valence-corrected chi connectivity index (χ3v) is 4.51. The average Bonchev–Trinajstić information content (AvgIpc) is 3.07. The van der Waals surface area contributed by atoms with Gasteiger partial charge in [0.1, 0.15) is 11.3 Å². The highest BCUT2D eigenvalue weighted by Crippen LogP contribution is 2.17. The zero-order valence-corrected chi connectivity index (χ0v) is 14.5. The first-order chi connectivity index (χ1) is 12.0. The van der Waals surface area contributed by atoms with Gasteiger partial charge in [0, 0.05) is 25.2 Å². The Hall–Kier alpha value is -2.63. The Labute approximate surface area is 145 Å². The van der Waals surface area contributed by atoms with Gasteiger partial charge in [0.2, 0.25) is 5.91 Å². The third kappa shape index (κ3) is 3.43. The van der Waals surface area contributed by atoms with Crippen molar-refractivity contribution in [2.24, 2.45) is 0 Å². The zero-order valence-electron chi connectivity index (χ0n) is 14.5. The largest absolute Gasteiger partial charge is 0.354 e. The van der Waals surface area contributed by atoms with Gasteiger partial charge in [-0.05, 0) is 50.1 Å². The minimum absolute atomic E-state index is 0.0263. The van der Waals surface area contributed by atoms with Gasteiger partial charge in [-0.15, -0.1) is 0 Å². The van der Waals surface area contributed by atoms with E-state index in [-0.39, 0.29) is 23.3 Å². The second-order valence-corrected chi connectivity index (χ2v) is 6.33. The molecule has 6 heteroatoms. The van der Waals surface area contributed by atoms with Crippen molar-refractivity contribution < 1.29 is 9.18 Å². The van der Waals surface area contributed by atoms with Crippen LogP contribution in [-0.2, 0) is 11.3 Å². The highest BCUT2D eigenvalue weighted by atomic mass is 19.1. The van der Waals surface area contributed by atoms with E-state index in [1.165, 1.54) is 12.1 Å². The molecule has 0 aliphatic carbocycles. The second kappa shape index (κ2) is 7.09. The van der Waals surface area contributed by atoms with Crippen LogP contribution in [0.1, 0.15) is 33.1 Å². The fourth-order valence-corrected chi connectivity index (χ4v) is 3.00. The summed E-state index contributed by atoms with van der Waals surface area (Å²) in [5.41, 5.74) is 1.68. The number of amides is 1. The summed E-state index contributed by atoms with van der Waals surface area (Å²) in [4.78, 5) is 24.6. The molecule has 1 N–H and O–H groups in total. The van der Waals surface area contributed by atoms with Crippen molar-refractivity contribution in [1.29, 1.82) is 0 Å². The van der Waals surface area contributed by atoms with E-state index in [4.69, 9.17) is 0 Å². The molecule has 132 valence electrons. The molecule has 3 aromatic rings. The van der Waals surface area contributed by atoms with E-state index in [9.17, 15) is 14.0 Å². The number of hydrogen-bond donors (Lipinski definition) is 1. The molecule has 1 atom stereocenters. The maximum absolute atomic E-state index is 13.7. The SMILES string of the molecule is CC[C@H](C)NC(=O)CCCn1c(=O)c2cccn2c2ccc(F)cc21. The smallest absolute Gasteiger partial charge is 0.275 e. The molecule has 0 bridgehead atoms. The number of carbonyl (C=O) groups excluding carboxylic acids is 1. The molecular weight excluding hydrogens is 321 g/mol. The molecule has 0 fully saturated rings. The number of hydrogen-bond acceptors (Lipinski definition) is 2. The summed E-state index contributed by atoms with van der Waals surface area (Å²) in [6.07, 6.45) is 3.52. The third-order valence-electron chi connectivity index (χ3n) is 4.51. The van der Waals surface area contributed by atoms with Crippen LogP contribution >= 0.6 is 0 Å². The van der Waals surface area contributed by atoms with Crippen molar-refractivity contribution in [2.75, 3.05) is 0 Å². The van der Waals surface area contributed by atoms with E-state index in [1.807, 2.05) is 13.8 Å². The molecule has 1 amide bonds. The lowest BCUT2D eigenvalue weighted by Gasteiger charge is -2.14. The van der Waals surface area contributed by atoms with E-state index >= 15 is 0 Å². The molecule has 0 unspecified atom stereocenters. The lowest BCUT2D eigenvalue weighted by Crippen LogP contribution is -2.32. The predicted octanol–water partition coefficient (Wildman–Crippen LogP) is 3.09. The molecular formula is C19H22FN3O2. The number of aryl methyl sites for hydroxylation is 1. The first-order valence-electron chi connectivity index (χ1n) is 8.59. The normalized spacial score (nSPS) is 12.6. The number of nitrogens with zero attached hydrogens (tertiary/aromatic N) is 2. The summed E-state index contributed by atoms with van der Waals surface area (Å²) in [7, 11) is 0. The van der Waals surface area contributed by atoms with Crippen LogP contribution in [0.25, 0.3) is 16.6 Å². The van der Waals surface area contributed by atoms with Crippen LogP contribution in [0.2, 0.25) is 0 Å². The van der Waals surface area contributed by atoms with Crippen molar-refractivity contribution >= 4 is 22.5 Å². The predicted molar refractivity (Wildman–Crippen MR) is 96.3 cm³/mol. The van der Waals surface area contributed by atoms with E-state index < -0.39 is 0 Å². The maximum Gasteiger partial charge on any atom is 0.275 e. The fourth-order valence-electron chi connectivity index (χ4n) is 3.00. The van der Waals surface area contributed by atoms with E-state index in [1.54, 1.807) is 33.4 Å². The van der Waals surface area contributed by atoms with Crippen LogP contribution in [0.5, 0.6) is 0 Å². The Morgan fingerprint density at radius 3 is 2.80 bits per heavy atom. The summed E-state index contributed by atoms with van der Waals surface area (Å²) >= 11 is 0. The molecule has 3 rings (SSSR count). The summed E-state index contributed by atoms with van der Waals surface area (Å²) in [5, 5.41) is 2.91. The Morgan fingerprint density at radius 2 is 2.04 bits per heavy atom. The minimum atomic E-state index is -0.387. The molecule has 2 heterocycles. The van der Waals surface area contributed by atoms with Crippen molar-refractivity contribution in [1.82, 2.24) is 14.3 Å². The number of fused-ring (bicyclic) bond motifs is 3. The van der Waals surface area contributed by atoms with Crippen LogP contribution < -0.4 is 10.9 Å². The van der Waals surface area contributed by atoms with Crippen LogP contribution in [0.3, 0.4) is 0 Å². The van der Waals surface area contributed by atoms with Gasteiger partial charge in [-0.25, -0.2) is 4.39 Å². The van der Waals surface area contributed by atoms with Gasteiger partial charge in [0.25, 0.3) is 5.56 Å². The van der Waals surface area contributed by atoms with Gasteiger partial charge < -0.3 is 14.3 Å². The molecule has 2 aromatic heterocycles. The topological polar surface area (TPSA) is 55.5 Å². The van der Waals surface area contributed by atoms with Crippen molar-refractivity contribution in [3.63, 3.8) is 0 Å². The van der Waals surface area contributed by atoms with E-state index in [0.29, 0.717) is 30.4 Å². The monoisotopic (exact) mass is 343 g/mol. The molecule has 0 radical (unpaired) electrons. The molecule has 25 heavy (non-hydrogen) atoms. The Bertz CT molecular complexity index is 974. The maximum atomic E-state index is 13.7. The quantitative estimate of drug-likeness (QED) is 0.748. The van der Waals surface area contributed by atoms with Gasteiger partial charge in [-0.3, -0.25) is 9.59 Å². The number of benzene rings is 1. The highest BCUT2D eigenvalue weighted by Gasteiger charge is 2.12. The van der Waals surface area contributed by atoms with Gasteiger partial charge in [0.05, 0.1) is 11.0 Å². The van der Waals surface area contributed by atoms with E-state index in [0.717, 1.165) is 11.9 Å². The number of carbonyl (C=O) groups is 1. The second-order valence-electron chi connectivity index (χ2n) is 6.33. The molecule has 0 aliphatic heterocycles. The van der Waals surface area contributed by atoms with Crippen molar-refractivity contribution in [2.45, 2.75) is 45.7 Å². The van der Waals surface area contributed by atoms with Crippen LogP contribution in [0.15, 0.2) is 41.3 Å². The summed E-state index contributed by atoms with van der Waals surface area (Å²) < 4.78 is 17.0. The number of halogens is 1. The average molecular weight is 343 g/mol. The Balaban J connectivity index is 1.89. The van der Waals surface area contributed by atoms with Crippen LogP contribution in [0.4, 0.5) is 4.39 Å². The van der Waals surface area contributed by atoms with Crippen LogP contribution in [-0.4, -0.2) is 20.9 Å². The number of rotatable bonds is 6. The fraction of sp³-hybridized carbons (Fsp3) is 0.368. The molecule has 5 nitrogen and oxygen atoms in total. The lowest BCUT2D eigenvalue weighted by atomic mass is 10.2. The highest BCUT2D eigenvalue weighted by molar-refractivity contribution is 5.79. The van der Waals surface area contributed by atoms with Gasteiger partial charge in [-0.1, -0.05) is 6.92 Å². The van der Waals surface area contributed by atoms with Gasteiger partial charge in [0.15, 0.2) is 0 Å². The summed E-state index contributed by atoms with van der Waals surface area (Å²) in [6.45, 7) is 4.34. The van der Waals surface area contributed by atoms with Gasteiger partial charge in [-0.2, -0.15) is 0 Å². The first-order valence-corrected chi connectivity index (χ1v) is 8.59. The summed E-state index contributed by atoms with van der Waals surface area (Å²) in [6, 6.07) is 8.11. The Kier molecular flexibility index (Phi) is 4.88. The molecule has 0 saturated heterocycles. The minimum Gasteiger partial charge on any atom is -0.354 e. The van der Waals surface area contributed by atoms with Crippen LogP contribution in [0, 0.1) is 5.82 Å². The molecule has 0 spiro atoms. The zero-order chi connectivity index (χ0) is 18.0. The Morgan fingerprint density at radius 1 is 1.24 bits per heavy atom. The lowest BCUT2D eigenvalue weighted by molar-refractivity contribution is -0.121.